The van der Waals surface area contributed by atoms with Crippen molar-refractivity contribution in [2.45, 2.75) is 0 Å². The Kier molecular flexibility index (Phi) is 7.38. The van der Waals surface area contributed by atoms with Gasteiger partial charge >= 0.3 is 0 Å². The first-order chi connectivity index (χ1) is 14.4. The Morgan fingerprint density at radius 2 is 1.30 bits per heavy atom. The van der Waals surface area contributed by atoms with E-state index >= 15 is 0 Å². The van der Waals surface area contributed by atoms with E-state index in [0.717, 1.165) is 0 Å². The van der Waals surface area contributed by atoms with E-state index in [2.05, 4.69) is 0 Å². The van der Waals surface area contributed by atoms with Crippen molar-refractivity contribution in [3.8, 4) is 11.5 Å². The van der Waals surface area contributed by atoms with Crippen LogP contribution in [0.5, 0.6) is 11.5 Å². The Bertz CT molecular complexity index is 1100. The third kappa shape index (κ3) is 4.33. The molecular weight excluding hydrogens is 466 g/mol. The number of methoxy groups -OCH3 is 2. The zero-order chi connectivity index (χ0) is 21.8. The fourth-order valence-electron chi connectivity index (χ4n) is 2.94. The molecular formula is C22H16Cl3O4P. The molecule has 30 heavy (non-hydrogen) atoms. The van der Waals surface area contributed by atoms with E-state index in [4.69, 9.17) is 44.3 Å². The molecule has 0 fully saturated rings. The highest BCUT2D eigenvalue weighted by molar-refractivity contribution is 7.96. The van der Waals surface area contributed by atoms with Crippen LogP contribution in [-0.4, -0.2) is 25.3 Å². The van der Waals surface area contributed by atoms with Gasteiger partial charge in [0, 0.05) is 0 Å². The third-order valence-electron chi connectivity index (χ3n) is 4.31. The summed E-state index contributed by atoms with van der Waals surface area (Å²) in [6.45, 7) is 0. The summed E-state index contributed by atoms with van der Waals surface area (Å²) in [4.78, 5) is 27.4. The molecule has 0 aliphatic carbocycles. The molecule has 3 rings (SSSR count). The maximum Gasteiger partial charge on any atom is 0.201 e. The molecule has 0 saturated heterocycles. The van der Waals surface area contributed by atoms with Crippen molar-refractivity contribution in [1.82, 2.24) is 0 Å². The number of hydrogen-bond donors (Lipinski definition) is 0. The summed E-state index contributed by atoms with van der Waals surface area (Å²) in [5.41, 5.74) is -0.752. The Hall–Kier alpha value is -2.10. The Morgan fingerprint density at radius 1 is 0.700 bits per heavy atom. The summed E-state index contributed by atoms with van der Waals surface area (Å²) in [7, 11) is 0.739. The fraction of sp³-hybridized carbons (Fsp3) is 0.0909. The summed E-state index contributed by atoms with van der Waals surface area (Å²) >= 11 is 18.9. The molecule has 0 heterocycles. The molecule has 1 atom stereocenters. The zero-order valence-electron chi connectivity index (χ0n) is 16.0. The second-order valence-electron chi connectivity index (χ2n) is 6.04. The van der Waals surface area contributed by atoms with Crippen LogP contribution in [0.4, 0.5) is 0 Å². The molecule has 0 radical (unpaired) electrons. The Balaban J connectivity index is 2.24. The molecule has 0 aliphatic heterocycles. The van der Waals surface area contributed by atoms with Crippen LogP contribution in [0.15, 0.2) is 60.7 Å². The lowest BCUT2D eigenvalue weighted by Gasteiger charge is -2.20. The van der Waals surface area contributed by atoms with E-state index in [9.17, 15) is 9.59 Å². The SMILES string of the molecule is COc1cccc(Cl)c1C(=O)P(C(=O)c1c(Cl)ccc(Cl)c1OC)c1ccccc1. The van der Waals surface area contributed by atoms with Gasteiger partial charge in [-0.15, -0.1) is 0 Å². The first-order valence-corrected chi connectivity index (χ1v) is 11.2. The molecule has 0 aliphatic rings. The minimum Gasteiger partial charge on any atom is -0.496 e. The van der Waals surface area contributed by atoms with Crippen LogP contribution in [0.1, 0.15) is 20.7 Å². The van der Waals surface area contributed by atoms with Gasteiger partial charge in [-0.25, -0.2) is 0 Å². The van der Waals surface area contributed by atoms with E-state index in [1.165, 1.54) is 26.4 Å². The normalized spacial score (nSPS) is 11.6. The predicted octanol–water partition coefficient (Wildman–Crippen LogP) is 6.45. The highest BCUT2D eigenvalue weighted by atomic mass is 35.5. The predicted molar refractivity (Wildman–Crippen MR) is 123 cm³/mol. The summed E-state index contributed by atoms with van der Waals surface area (Å²) in [5, 5.41) is 1.10. The van der Waals surface area contributed by atoms with Crippen LogP contribution in [0.25, 0.3) is 0 Å². The van der Waals surface area contributed by atoms with Crippen LogP contribution in [0.3, 0.4) is 0 Å². The molecule has 154 valence electrons. The number of carbonyl (C=O) groups is 2. The van der Waals surface area contributed by atoms with Crippen LogP contribution in [-0.2, 0) is 0 Å². The van der Waals surface area contributed by atoms with E-state index in [1.54, 1.807) is 48.5 Å². The standard InChI is InChI=1S/C22H16Cl3O4P/c1-28-17-10-6-9-14(23)18(17)21(26)30(13-7-4-3-5-8-13)22(27)19-15(24)11-12-16(25)20(19)29-2/h3-12H,1-2H3. The number of benzene rings is 3. The molecule has 0 N–H and O–H groups in total. The van der Waals surface area contributed by atoms with Gasteiger partial charge in [0.2, 0.25) is 11.0 Å². The van der Waals surface area contributed by atoms with Gasteiger partial charge in [0.1, 0.15) is 11.5 Å². The molecule has 3 aromatic carbocycles. The molecule has 0 spiro atoms. The summed E-state index contributed by atoms with van der Waals surface area (Å²) in [6.07, 6.45) is 0. The minimum atomic E-state index is -2.08. The van der Waals surface area contributed by atoms with Crippen LogP contribution >= 0.6 is 42.7 Å². The highest BCUT2D eigenvalue weighted by Gasteiger charge is 2.36. The number of hydrogen-bond acceptors (Lipinski definition) is 4. The van der Waals surface area contributed by atoms with E-state index in [-0.39, 0.29) is 37.7 Å². The molecule has 1 unspecified atom stereocenters. The number of ether oxygens (including phenoxy) is 2. The monoisotopic (exact) mass is 480 g/mol. The van der Waals surface area contributed by atoms with Crippen molar-refractivity contribution >= 4 is 59.1 Å². The molecule has 0 bridgehead atoms. The maximum absolute atomic E-state index is 13.7. The molecule has 0 amide bonds. The van der Waals surface area contributed by atoms with E-state index in [0.29, 0.717) is 5.30 Å². The fourth-order valence-corrected chi connectivity index (χ4v) is 5.82. The third-order valence-corrected chi connectivity index (χ3v) is 7.31. The van der Waals surface area contributed by atoms with Gasteiger partial charge in [-0.2, -0.15) is 0 Å². The van der Waals surface area contributed by atoms with Crippen LogP contribution < -0.4 is 14.8 Å². The van der Waals surface area contributed by atoms with Crippen molar-refractivity contribution in [2.75, 3.05) is 14.2 Å². The number of halogens is 3. The Morgan fingerprint density at radius 3 is 1.93 bits per heavy atom. The molecule has 8 heteroatoms. The second-order valence-corrected chi connectivity index (χ2v) is 9.26. The van der Waals surface area contributed by atoms with Gasteiger partial charge in [-0.1, -0.05) is 71.2 Å². The van der Waals surface area contributed by atoms with Crippen molar-refractivity contribution in [3.05, 3.63) is 86.9 Å². The average Bonchev–Trinajstić information content (AvgIpc) is 2.75. The van der Waals surface area contributed by atoms with E-state index < -0.39 is 19.0 Å². The van der Waals surface area contributed by atoms with Gasteiger partial charge in [0.25, 0.3) is 0 Å². The zero-order valence-corrected chi connectivity index (χ0v) is 19.1. The van der Waals surface area contributed by atoms with Crippen LogP contribution in [0.2, 0.25) is 15.1 Å². The van der Waals surface area contributed by atoms with Crippen molar-refractivity contribution in [3.63, 3.8) is 0 Å². The lowest BCUT2D eigenvalue weighted by Crippen LogP contribution is -2.18. The lowest BCUT2D eigenvalue weighted by atomic mass is 10.2. The number of carbonyl (C=O) groups excluding carboxylic acids is 2. The van der Waals surface area contributed by atoms with Crippen molar-refractivity contribution in [2.24, 2.45) is 0 Å². The first-order valence-electron chi connectivity index (χ1n) is 8.69. The van der Waals surface area contributed by atoms with Crippen molar-refractivity contribution < 1.29 is 19.1 Å². The van der Waals surface area contributed by atoms with Gasteiger partial charge in [0.05, 0.1) is 48.3 Å². The van der Waals surface area contributed by atoms with Gasteiger partial charge in [0.15, 0.2) is 0 Å². The first kappa shape index (κ1) is 22.6. The summed E-state index contributed by atoms with van der Waals surface area (Å²) in [5.74, 6) is 0.407. The van der Waals surface area contributed by atoms with Gasteiger partial charge in [-0.3, -0.25) is 9.59 Å². The molecule has 3 aromatic rings. The molecule has 0 aromatic heterocycles. The second kappa shape index (κ2) is 9.80. The molecule has 4 nitrogen and oxygen atoms in total. The minimum absolute atomic E-state index is 0.0565. The lowest BCUT2D eigenvalue weighted by molar-refractivity contribution is 0.105. The van der Waals surface area contributed by atoms with Crippen molar-refractivity contribution in [1.29, 1.82) is 0 Å². The van der Waals surface area contributed by atoms with E-state index in [1.807, 2.05) is 0 Å². The maximum atomic E-state index is 13.7. The average molecular weight is 482 g/mol. The quantitative estimate of drug-likeness (QED) is 0.364. The number of rotatable bonds is 7. The highest BCUT2D eigenvalue weighted by Crippen LogP contribution is 2.49. The summed E-state index contributed by atoms with van der Waals surface area (Å²) < 4.78 is 10.7. The summed E-state index contributed by atoms with van der Waals surface area (Å²) in [6, 6.07) is 16.6. The van der Waals surface area contributed by atoms with Gasteiger partial charge < -0.3 is 9.47 Å². The Labute approximate surface area is 190 Å². The molecule has 0 saturated carbocycles. The largest absolute Gasteiger partial charge is 0.496 e. The van der Waals surface area contributed by atoms with Crippen LogP contribution in [0, 0.1) is 0 Å². The topological polar surface area (TPSA) is 52.6 Å². The smallest absolute Gasteiger partial charge is 0.201 e. The van der Waals surface area contributed by atoms with Gasteiger partial charge in [-0.05, 0) is 29.6 Å².